The van der Waals surface area contributed by atoms with Crippen molar-refractivity contribution in [3.63, 3.8) is 0 Å². The van der Waals surface area contributed by atoms with Crippen LogP contribution in [0.1, 0.15) is 5.89 Å². The molecule has 1 amide bonds. The van der Waals surface area contributed by atoms with Crippen molar-refractivity contribution >= 4 is 17.5 Å². The van der Waals surface area contributed by atoms with E-state index in [1.807, 2.05) is 29.2 Å². The quantitative estimate of drug-likeness (QED) is 0.759. The normalized spacial score (nSPS) is 19.1. The third kappa shape index (κ3) is 4.91. The van der Waals surface area contributed by atoms with Crippen molar-refractivity contribution in [1.29, 1.82) is 0 Å². The molecule has 0 bridgehead atoms. The zero-order chi connectivity index (χ0) is 19.3. The molecule has 2 aromatic rings. The minimum Gasteiger partial charge on any atom is -0.439 e. The third-order valence-corrected chi connectivity index (χ3v) is 5.48. The SMILES string of the molecule is O=C(CN1CCOCC1)N1CCN(Cc2ncc(-c3ccc(Cl)cc3)o2)CC1. The van der Waals surface area contributed by atoms with E-state index in [9.17, 15) is 4.79 Å². The molecule has 1 aromatic heterocycles. The monoisotopic (exact) mass is 404 g/mol. The second kappa shape index (κ2) is 9.05. The van der Waals surface area contributed by atoms with Crippen LogP contribution in [0, 0.1) is 0 Å². The van der Waals surface area contributed by atoms with E-state index >= 15 is 0 Å². The second-order valence-electron chi connectivity index (χ2n) is 7.17. The summed E-state index contributed by atoms with van der Waals surface area (Å²) in [6, 6.07) is 7.52. The molecule has 2 aliphatic rings. The zero-order valence-corrected chi connectivity index (χ0v) is 16.6. The fourth-order valence-electron chi connectivity index (χ4n) is 3.53. The van der Waals surface area contributed by atoms with E-state index in [2.05, 4.69) is 14.8 Å². The van der Waals surface area contributed by atoms with Gasteiger partial charge in [-0.2, -0.15) is 0 Å². The molecule has 0 saturated carbocycles. The maximum Gasteiger partial charge on any atom is 0.236 e. The van der Waals surface area contributed by atoms with E-state index in [1.165, 1.54) is 0 Å². The highest BCUT2D eigenvalue weighted by atomic mass is 35.5. The van der Waals surface area contributed by atoms with Crippen LogP contribution >= 0.6 is 11.6 Å². The van der Waals surface area contributed by atoms with Crippen molar-refractivity contribution in [3.8, 4) is 11.3 Å². The van der Waals surface area contributed by atoms with Gasteiger partial charge in [0, 0.05) is 49.9 Å². The van der Waals surface area contributed by atoms with Crippen molar-refractivity contribution in [2.45, 2.75) is 6.54 Å². The minimum absolute atomic E-state index is 0.211. The van der Waals surface area contributed by atoms with Crippen LogP contribution in [0.5, 0.6) is 0 Å². The van der Waals surface area contributed by atoms with Gasteiger partial charge in [0.15, 0.2) is 5.76 Å². The number of rotatable bonds is 5. The number of ether oxygens (including phenoxy) is 1. The summed E-state index contributed by atoms with van der Waals surface area (Å²) < 4.78 is 11.2. The van der Waals surface area contributed by atoms with Crippen LogP contribution < -0.4 is 0 Å². The van der Waals surface area contributed by atoms with Crippen LogP contribution in [0.3, 0.4) is 0 Å². The lowest BCUT2D eigenvalue weighted by molar-refractivity contribution is -0.135. The molecule has 2 aliphatic heterocycles. The summed E-state index contributed by atoms with van der Waals surface area (Å²) in [5, 5.41) is 0.699. The van der Waals surface area contributed by atoms with Gasteiger partial charge in [0.25, 0.3) is 0 Å². The van der Waals surface area contributed by atoms with Crippen LogP contribution in [0.2, 0.25) is 5.02 Å². The molecule has 7 nitrogen and oxygen atoms in total. The Morgan fingerprint density at radius 2 is 1.71 bits per heavy atom. The summed E-state index contributed by atoms with van der Waals surface area (Å²) in [4.78, 5) is 23.3. The maximum atomic E-state index is 12.5. The van der Waals surface area contributed by atoms with Crippen LogP contribution in [0.15, 0.2) is 34.9 Å². The topological polar surface area (TPSA) is 62.1 Å². The summed E-state index contributed by atoms with van der Waals surface area (Å²) in [6.07, 6.45) is 1.75. The molecule has 150 valence electrons. The lowest BCUT2D eigenvalue weighted by atomic mass is 10.2. The van der Waals surface area contributed by atoms with Gasteiger partial charge >= 0.3 is 0 Å². The Kier molecular flexibility index (Phi) is 6.26. The summed E-state index contributed by atoms with van der Waals surface area (Å²) in [6.45, 7) is 7.40. The Hall–Kier alpha value is -1.93. The summed E-state index contributed by atoms with van der Waals surface area (Å²) >= 11 is 5.93. The average molecular weight is 405 g/mol. The van der Waals surface area contributed by atoms with Gasteiger partial charge < -0.3 is 14.1 Å². The fourth-order valence-corrected chi connectivity index (χ4v) is 3.65. The molecule has 3 heterocycles. The molecule has 0 unspecified atom stereocenters. The molecule has 2 fully saturated rings. The van der Waals surface area contributed by atoms with E-state index in [0.29, 0.717) is 24.0 Å². The van der Waals surface area contributed by atoms with Crippen LogP contribution in [0.4, 0.5) is 0 Å². The van der Waals surface area contributed by atoms with E-state index in [-0.39, 0.29) is 5.91 Å². The highest BCUT2D eigenvalue weighted by Crippen LogP contribution is 2.23. The van der Waals surface area contributed by atoms with E-state index in [1.54, 1.807) is 6.20 Å². The van der Waals surface area contributed by atoms with Gasteiger partial charge in [-0.15, -0.1) is 0 Å². The molecule has 0 aliphatic carbocycles. The Labute approximate surface area is 169 Å². The molecule has 1 aromatic carbocycles. The Balaban J connectivity index is 1.25. The summed E-state index contributed by atoms with van der Waals surface area (Å²) in [7, 11) is 0. The van der Waals surface area contributed by atoms with Crippen LogP contribution in [0.25, 0.3) is 11.3 Å². The van der Waals surface area contributed by atoms with Gasteiger partial charge in [0.2, 0.25) is 11.8 Å². The number of piperazine rings is 1. The van der Waals surface area contributed by atoms with Crippen LogP contribution in [-0.4, -0.2) is 84.6 Å². The van der Waals surface area contributed by atoms with Crippen molar-refractivity contribution in [1.82, 2.24) is 19.7 Å². The molecule has 8 heteroatoms. The molecular weight excluding hydrogens is 380 g/mol. The number of hydrogen-bond acceptors (Lipinski definition) is 6. The first-order chi connectivity index (χ1) is 13.7. The summed E-state index contributed by atoms with van der Waals surface area (Å²) in [5.74, 6) is 1.65. The predicted molar refractivity (Wildman–Crippen MR) is 106 cm³/mol. The number of amides is 1. The number of carbonyl (C=O) groups is 1. The number of carbonyl (C=O) groups excluding carboxylic acids is 1. The molecule has 28 heavy (non-hydrogen) atoms. The van der Waals surface area contributed by atoms with E-state index in [4.69, 9.17) is 20.8 Å². The molecule has 0 spiro atoms. The Morgan fingerprint density at radius 1 is 1.00 bits per heavy atom. The molecule has 2 saturated heterocycles. The van der Waals surface area contributed by atoms with Gasteiger partial charge in [-0.25, -0.2) is 4.98 Å². The van der Waals surface area contributed by atoms with Gasteiger partial charge in [0.1, 0.15) is 0 Å². The first-order valence-corrected chi connectivity index (χ1v) is 10.1. The van der Waals surface area contributed by atoms with Crippen LogP contribution in [-0.2, 0) is 16.1 Å². The minimum atomic E-state index is 0.211. The largest absolute Gasteiger partial charge is 0.439 e. The molecule has 4 rings (SSSR count). The third-order valence-electron chi connectivity index (χ3n) is 5.23. The molecule has 0 N–H and O–H groups in total. The summed E-state index contributed by atoms with van der Waals surface area (Å²) in [5.41, 5.74) is 0.960. The predicted octanol–water partition coefficient (Wildman–Crippen LogP) is 1.97. The fraction of sp³-hybridized carbons (Fsp3) is 0.500. The first-order valence-electron chi connectivity index (χ1n) is 9.68. The number of halogens is 1. The van der Waals surface area contributed by atoms with Gasteiger partial charge in [-0.05, 0) is 24.3 Å². The molecule has 0 atom stereocenters. The lowest BCUT2D eigenvalue weighted by Crippen LogP contribution is -2.52. The molecule has 0 radical (unpaired) electrons. The van der Waals surface area contributed by atoms with Gasteiger partial charge in [-0.1, -0.05) is 11.6 Å². The van der Waals surface area contributed by atoms with E-state index in [0.717, 1.165) is 63.8 Å². The zero-order valence-electron chi connectivity index (χ0n) is 15.8. The standard InChI is InChI=1S/C20H25ClN4O3/c21-17-3-1-16(2-4-17)18-13-22-19(28-18)14-23-5-7-25(8-6-23)20(26)15-24-9-11-27-12-10-24/h1-4,13H,5-12,14-15H2. The van der Waals surface area contributed by atoms with Crippen molar-refractivity contribution in [2.24, 2.45) is 0 Å². The second-order valence-corrected chi connectivity index (χ2v) is 7.61. The highest BCUT2D eigenvalue weighted by Gasteiger charge is 2.24. The Morgan fingerprint density at radius 3 is 2.43 bits per heavy atom. The number of nitrogens with zero attached hydrogens (tertiary/aromatic N) is 4. The van der Waals surface area contributed by atoms with E-state index < -0.39 is 0 Å². The highest BCUT2D eigenvalue weighted by molar-refractivity contribution is 6.30. The lowest BCUT2D eigenvalue weighted by Gasteiger charge is -2.35. The van der Waals surface area contributed by atoms with Gasteiger partial charge in [0.05, 0.1) is 32.5 Å². The van der Waals surface area contributed by atoms with Crippen molar-refractivity contribution in [2.75, 3.05) is 59.0 Å². The number of benzene rings is 1. The average Bonchev–Trinajstić information content (AvgIpc) is 3.18. The smallest absolute Gasteiger partial charge is 0.236 e. The Bertz CT molecular complexity index is 781. The number of aromatic nitrogens is 1. The van der Waals surface area contributed by atoms with Gasteiger partial charge in [-0.3, -0.25) is 14.6 Å². The molecular formula is C20H25ClN4O3. The number of hydrogen-bond donors (Lipinski definition) is 0. The number of morpholine rings is 1. The van der Waals surface area contributed by atoms with Crippen molar-refractivity contribution in [3.05, 3.63) is 41.4 Å². The van der Waals surface area contributed by atoms with Crippen molar-refractivity contribution < 1.29 is 13.9 Å². The maximum absolute atomic E-state index is 12.5. The first kappa shape index (κ1) is 19.4. The number of oxazole rings is 1.